The van der Waals surface area contributed by atoms with E-state index in [1.165, 1.54) is 0 Å². The minimum Gasteiger partial charge on any atom is -0.383 e. The smallest absolute Gasteiger partial charge is 0.0663 e. The molecule has 1 rings (SSSR count). The number of hydrogen-bond donors (Lipinski definition) is 1. The van der Waals surface area contributed by atoms with Crippen molar-refractivity contribution in [3.8, 4) is 0 Å². The molecule has 0 saturated heterocycles. The van der Waals surface area contributed by atoms with Crippen molar-refractivity contribution < 1.29 is 4.74 Å². The summed E-state index contributed by atoms with van der Waals surface area (Å²) in [6, 6.07) is 3.57. The third-order valence-corrected chi connectivity index (χ3v) is 3.27. The highest BCUT2D eigenvalue weighted by molar-refractivity contribution is 6.44. The van der Waals surface area contributed by atoms with Crippen LogP contribution in [-0.4, -0.2) is 19.8 Å². The molecule has 0 aromatic heterocycles. The summed E-state index contributed by atoms with van der Waals surface area (Å²) in [5.74, 6) is 0. The van der Waals surface area contributed by atoms with Gasteiger partial charge in [-0.15, -0.1) is 0 Å². The molecule has 0 heterocycles. The van der Waals surface area contributed by atoms with E-state index in [9.17, 15) is 0 Å². The predicted octanol–water partition coefficient (Wildman–Crippen LogP) is 4.48. The average molecular weight is 283 g/mol. The van der Waals surface area contributed by atoms with E-state index in [1.54, 1.807) is 19.2 Å². The second-order valence-electron chi connectivity index (χ2n) is 3.45. The van der Waals surface area contributed by atoms with Crippen molar-refractivity contribution in [1.29, 1.82) is 0 Å². The largest absolute Gasteiger partial charge is 0.383 e. The van der Waals surface area contributed by atoms with Crippen LogP contribution in [0.15, 0.2) is 12.1 Å². The summed E-state index contributed by atoms with van der Waals surface area (Å²) in [6.07, 6.45) is 0.935. The van der Waals surface area contributed by atoms with E-state index in [-0.39, 0.29) is 6.04 Å². The molecule has 5 heteroatoms. The molecular formula is C11H14Cl3NO. The topological polar surface area (TPSA) is 21.3 Å². The molecule has 0 spiro atoms. The molecule has 2 nitrogen and oxygen atoms in total. The van der Waals surface area contributed by atoms with Gasteiger partial charge in [0.25, 0.3) is 0 Å². The lowest BCUT2D eigenvalue weighted by Gasteiger charge is -2.18. The highest BCUT2D eigenvalue weighted by Gasteiger charge is 2.10. The SMILES string of the molecule is CCC(COC)Nc1cc(Cl)c(Cl)cc1Cl. The molecule has 0 aliphatic heterocycles. The summed E-state index contributed by atoms with van der Waals surface area (Å²) < 4.78 is 5.10. The zero-order valence-electron chi connectivity index (χ0n) is 9.19. The number of rotatable bonds is 5. The molecule has 0 fully saturated rings. The molecule has 1 unspecified atom stereocenters. The van der Waals surface area contributed by atoms with Gasteiger partial charge in [-0.3, -0.25) is 0 Å². The first-order chi connectivity index (χ1) is 7.58. The first-order valence-electron chi connectivity index (χ1n) is 4.98. The Morgan fingerprint density at radius 1 is 1.19 bits per heavy atom. The van der Waals surface area contributed by atoms with Crippen molar-refractivity contribution in [2.45, 2.75) is 19.4 Å². The lowest BCUT2D eigenvalue weighted by molar-refractivity contribution is 0.184. The van der Waals surface area contributed by atoms with Crippen LogP contribution in [0.1, 0.15) is 13.3 Å². The summed E-state index contributed by atoms with van der Waals surface area (Å²) in [5.41, 5.74) is 0.778. The van der Waals surface area contributed by atoms with Crippen LogP contribution in [0.2, 0.25) is 15.1 Å². The van der Waals surface area contributed by atoms with Crippen LogP contribution in [0.5, 0.6) is 0 Å². The summed E-state index contributed by atoms with van der Waals surface area (Å²) in [7, 11) is 1.67. The Balaban J connectivity index is 2.83. The standard InChI is InChI=1S/C11H14Cl3NO/c1-3-7(6-16-2)15-11-5-9(13)8(12)4-10(11)14/h4-5,7,15H,3,6H2,1-2H3. The minimum atomic E-state index is 0.208. The fourth-order valence-corrected chi connectivity index (χ4v) is 1.92. The highest BCUT2D eigenvalue weighted by Crippen LogP contribution is 2.32. The highest BCUT2D eigenvalue weighted by atomic mass is 35.5. The first kappa shape index (κ1) is 13.9. The second-order valence-corrected chi connectivity index (χ2v) is 4.67. The Hall–Kier alpha value is -0.150. The van der Waals surface area contributed by atoms with Gasteiger partial charge in [0.1, 0.15) is 0 Å². The van der Waals surface area contributed by atoms with E-state index in [4.69, 9.17) is 39.5 Å². The van der Waals surface area contributed by atoms with Crippen LogP contribution >= 0.6 is 34.8 Å². The van der Waals surface area contributed by atoms with E-state index in [0.717, 1.165) is 12.1 Å². The van der Waals surface area contributed by atoms with Gasteiger partial charge >= 0.3 is 0 Å². The number of nitrogens with one attached hydrogen (secondary N) is 1. The zero-order chi connectivity index (χ0) is 12.1. The Morgan fingerprint density at radius 2 is 1.81 bits per heavy atom. The van der Waals surface area contributed by atoms with Crippen LogP contribution in [0.4, 0.5) is 5.69 Å². The van der Waals surface area contributed by atoms with Crippen molar-refractivity contribution in [3.63, 3.8) is 0 Å². The fourth-order valence-electron chi connectivity index (χ4n) is 1.32. The molecule has 0 radical (unpaired) electrons. The van der Waals surface area contributed by atoms with Crippen molar-refractivity contribution in [2.24, 2.45) is 0 Å². The molecule has 0 amide bonds. The Bertz CT molecular complexity index is 357. The minimum absolute atomic E-state index is 0.208. The number of halogens is 3. The van der Waals surface area contributed by atoms with E-state index in [0.29, 0.717) is 21.7 Å². The van der Waals surface area contributed by atoms with Crippen LogP contribution in [0.3, 0.4) is 0 Å². The maximum absolute atomic E-state index is 6.06. The van der Waals surface area contributed by atoms with Crippen LogP contribution in [-0.2, 0) is 4.74 Å². The normalized spacial score (nSPS) is 12.6. The quantitative estimate of drug-likeness (QED) is 0.804. The molecule has 0 aliphatic rings. The fraction of sp³-hybridized carbons (Fsp3) is 0.455. The summed E-state index contributed by atoms with van der Waals surface area (Å²) >= 11 is 17.8. The van der Waals surface area contributed by atoms with Crippen LogP contribution in [0.25, 0.3) is 0 Å². The average Bonchev–Trinajstić information content (AvgIpc) is 2.25. The van der Waals surface area contributed by atoms with Gasteiger partial charge < -0.3 is 10.1 Å². The van der Waals surface area contributed by atoms with E-state index in [1.807, 2.05) is 0 Å². The number of methoxy groups -OCH3 is 1. The predicted molar refractivity (Wildman–Crippen MR) is 71.0 cm³/mol. The number of hydrogen-bond acceptors (Lipinski definition) is 2. The van der Waals surface area contributed by atoms with Gasteiger partial charge in [-0.25, -0.2) is 0 Å². The molecule has 1 aromatic rings. The van der Waals surface area contributed by atoms with Crippen LogP contribution < -0.4 is 5.32 Å². The molecule has 0 aliphatic carbocycles. The summed E-state index contributed by atoms with van der Waals surface area (Å²) in [4.78, 5) is 0. The van der Waals surface area contributed by atoms with Gasteiger partial charge in [0.15, 0.2) is 0 Å². The summed E-state index contributed by atoms with van der Waals surface area (Å²) in [6.45, 7) is 2.69. The molecule has 0 saturated carbocycles. The van der Waals surface area contributed by atoms with E-state index >= 15 is 0 Å². The number of anilines is 1. The molecule has 0 bridgehead atoms. The van der Waals surface area contributed by atoms with Gasteiger partial charge in [0.2, 0.25) is 0 Å². The van der Waals surface area contributed by atoms with Crippen molar-refractivity contribution >= 4 is 40.5 Å². The van der Waals surface area contributed by atoms with Gasteiger partial charge in [-0.2, -0.15) is 0 Å². The lowest BCUT2D eigenvalue weighted by atomic mass is 10.2. The molecule has 1 atom stereocenters. The summed E-state index contributed by atoms with van der Waals surface area (Å²) in [5, 5.41) is 4.77. The van der Waals surface area contributed by atoms with Gasteiger partial charge in [-0.05, 0) is 18.6 Å². The maximum Gasteiger partial charge on any atom is 0.0663 e. The second kappa shape index (κ2) is 6.55. The van der Waals surface area contributed by atoms with Gasteiger partial charge in [0.05, 0.1) is 27.4 Å². The first-order valence-corrected chi connectivity index (χ1v) is 6.11. The Kier molecular flexibility index (Phi) is 5.70. The van der Waals surface area contributed by atoms with Crippen LogP contribution in [0, 0.1) is 0 Å². The maximum atomic E-state index is 6.06. The number of ether oxygens (including phenoxy) is 1. The van der Waals surface area contributed by atoms with E-state index in [2.05, 4.69) is 12.2 Å². The monoisotopic (exact) mass is 281 g/mol. The van der Waals surface area contributed by atoms with Gasteiger partial charge in [-0.1, -0.05) is 41.7 Å². The van der Waals surface area contributed by atoms with Crippen molar-refractivity contribution in [2.75, 3.05) is 19.0 Å². The Labute approximate surface area is 111 Å². The number of benzene rings is 1. The third-order valence-electron chi connectivity index (χ3n) is 2.23. The van der Waals surface area contributed by atoms with E-state index < -0.39 is 0 Å². The van der Waals surface area contributed by atoms with Crippen molar-refractivity contribution in [3.05, 3.63) is 27.2 Å². The zero-order valence-corrected chi connectivity index (χ0v) is 11.5. The Morgan fingerprint density at radius 3 is 2.38 bits per heavy atom. The molecular weight excluding hydrogens is 268 g/mol. The van der Waals surface area contributed by atoms with Crippen molar-refractivity contribution in [1.82, 2.24) is 0 Å². The molecule has 1 aromatic carbocycles. The third kappa shape index (κ3) is 3.70. The lowest BCUT2D eigenvalue weighted by Crippen LogP contribution is -2.24. The molecule has 90 valence electrons. The molecule has 16 heavy (non-hydrogen) atoms. The molecule has 1 N–H and O–H groups in total. The van der Waals surface area contributed by atoms with Gasteiger partial charge in [0, 0.05) is 13.2 Å².